The Morgan fingerprint density at radius 3 is 2.54 bits per heavy atom. The molecule has 3 aromatic rings. The third-order valence-corrected chi connectivity index (χ3v) is 5.71. The summed E-state index contributed by atoms with van der Waals surface area (Å²) in [6.07, 6.45) is 1.84. The summed E-state index contributed by atoms with van der Waals surface area (Å²) < 4.78 is 0. The number of thiocarbonyl (C=S) groups is 1. The highest BCUT2D eigenvalue weighted by molar-refractivity contribution is 7.80. The van der Waals surface area contributed by atoms with Gasteiger partial charge in [-0.1, -0.05) is 24.3 Å². The first-order valence-corrected chi connectivity index (χ1v) is 9.14. The fourth-order valence-corrected chi connectivity index (χ4v) is 4.57. The SMILES string of the molecule is Cc1ccsc1C1C(c2ccccn2)NC(=S)N1c1ccccc1. The van der Waals surface area contributed by atoms with Crippen molar-refractivity contribution in [3.05, 3.63) is 82.3 Å². The van der Waals surface area contributed by atoms with E-state index in [4.69, 9.17) is 12.2 Å². The Hall–Kier alpha value is -2.24. The van der Waals surface area contributed by atoms with E-state index in [9.17, 15) is 0 Å². The minimum absolute atomic E-state index is 0.0382. The van der Waals surface area contributed by atoms with Crippen LogP contribution in [0.4, 0.5) is 5.69 Å². The van der Waals surface area contributed by atoms with E-state index < -0.39 is 0 Å². The van der Waals surface area contributed by atoms with Crippen molar-refractivity contribution in [2.45, 2.75) is 19.0 Å². The third kappa shape index (κ3) is 2.60. The third-order valence-electron chi connectivity index (χ3n) is 4.30. The van der Waals surface area contributed by atoms with Crippen molar-refractivity contribution in [2.24, 2.45) is 0 Å². The Bertz CT molecular complexity index is 845. The Balaban J connectivity index is 1.84. The first-order valence-electron chi connectivity index (χ1n) is 7.85. The van der Waals surface area contributed by atoms with E-state index in [0.717, 1.165) is 16.5 Å². The van der Waals surface area contributed by atoms with Gasteiger partial charge in [0.25, 0.3) is 0 Å². The van der Waals surface area contributed by atoms with Gasteiger partial charge in [0.15, 0.2) is 5.11 Å². The van der Waals surface area contributed by atoms with E-state index >= 15 is 0 Å². The smallest absolute Gasteiger partial charge is 0.174 e. The van der Waals surface area contributed by atoms with Crippen LogP contribution in [0.15, 0.2) is 66.2 Å². The van der Waals surface area contributed by atoms with Crippen LogP contribution >= 0.6 is 23.6 Å². The van der Waals surface area contributed by atoms with Crippen LogP contribution in [-0.4, -0.2) is 10.1 Å². The molecule has 3 heterocycles. The van der Waals surface area contributed by atoms with Gasteiger partial charge in [0.05, 0.1) is 17.8 Å². The second kappa shape index (κ2) is 6.34. The molecule has 2 unspecified atom stereocenters. The fraction of sp³-hybridized carbons (Fsp3) is 0.158. The quantitative estimate of drug-likeness (QED) is 0.697. The van der Waals surface area contributed by atoms with Crippen molar-refractivity contribution in [1.82, 2.24) is 10.3 Å². The van der Waals surface area contributed by atoms with Gasteiger partial charge in [-0.25, -0.2) is 0 Å². The van der Waals surface area contributed by atoms with Gasteiger partial charge in [-0.3, -0.25) is 4.98 Å². The number of benzene rings is 1. The number of nitrogens with zero attached hydrogens (tertiary/aromatic N) is 2. The molecule has 1 aliphatic rings. The molecule has 3 nitrogen and oxygen atoms in total. The lowest BCUT2D eigenvalue weighted by Crippen LogP contribution is -2.29. The molecular weight excluding hydrogens is 334 g/mol. The van der Waals surface area contributed by atoms with Crippen LogP contribution < -0.4 is 10.2 Å². The van der Waals surface area contributed by atoms with E-state index in [-0.39, 0.29) is 12.1 Å². The van der Waals surface area contributed by atoms with Crippen molar-refractivity contribution in [1.29, 1.82) is 0 Å². The van der Waals surface area contributed by atoms with Crippen LogP contribution in [0.25, 0.3) is 0 Å². The second-order valence-electron chi connectivity index (χ2n) is 5.80. The number of pyridine rings is 1. The molecule has 2 aromatic heterocycles. The molecule has 0 saturated carbocycles. The van der Waals surface area contributed by atoms with Crippen LogP contribution in [0.1, 0.15) is 28.2 Å². The molecule has 1 aliphatic heterocycles. The van der Waals surface area contributed by atoms with Crippen molar-refractivity contribution in [3.8, 4) is 0 Å². The maximum absolute atomic E-state index is 5.69. The molecule has 0 amide bonds. The zero-order valence-electron chi connectivity index (χ0n) is 13.2. The molecule has 120 valence electrons. The molecule has 1 N–H and O–H groups in total. The summed E-state index contributed by atoms with van der Waals surface area (Å²) in [5.41, 5.74) is 3.40. The molecule has 1 fully saturated rings. The van der Waals surface area contributed by atoms with Crippen molar-refractivity contribution < 1.29 is 0 Å². The Labute approximate surface area is 151 Å². The van der Waals surface area contributed by atoms with Gasteiger partial charge in [0.2, 0.25) is 0 Å². The molecule has 4 rings (SSSR count). The van der Waals surface area contributed by atoms with Gasteiger partial charge in [-0.2, -0.15) is 0 Å². The first kappa shape index (κ1) is 15.3. The predicted octanol–water partition coefficient (Wildman–Crippen LogP) is 4.63. The number of hydrogen-bond donors (Lipinski definition) is 1. The molecule has 2 atom stereocenters. The summed E-state index contributed by atoms with van der Waals surface area (Å²) in [5.74, 6) is 0. The van der Waals surface area contributed by atoms with Gasteiger partial charge < -0.3 is 10.2 Å². The minimum Gasteiger partial charge on any atom is -0.351 e. The van der Waals surface area contributed by atoms with Gasteiger partial charge in [0.1, 0.15) is 0 Å². The van der Waals surface area contributed by atoms with Gasteiger partial charge >= 0.3 is 0 Å². The van der Waals surface area contributed by atoms with E-state index in [1.807, 2.05) is 36.5 Å². The number of thiophene rings is 1. The maximum atomic E-state index is 5.69. The number of para-hydroxylation sites is 1. The van der Waals surface area contributed by atoms with Crippen LogP contribution in [0, 0.1) is 6.92 Å². The largest absolute Gasteiger partial charge is 0.351 e. The van der Waals surface area contributed by atoms with E-state index in [2.05, 4.69) is 51.8 Å². The van der Waals surface area contributed by atoms with Gasteiger partial charge in [0, 0.05) is 16.8 Å². The van der Waals surface area contributed by atoms with E-state index in [0.29, 0.717) is 0 Å². The average Bonchev–Trinajstić information content (AvgIpc) is 3.19. The topological polar surface area (TPSA) is 28.2 Å². The van der Waals surface area contributed by atoms with Crippen LogP contribution in [-0.2, 0) is 0 Å². The molecular formula is C19H17N3S2. The fourth-order valence-electron chi connectivity index (χ4n) is 3.18. The van der Waals surface area contributed by atoms with Gasteiger partial charge in [-0.15, -0.1) is 11.3 Å². The predicted molar refractivity (Wildman–Crippen MR) is 103 cm³/mol. The monoisotopic (exact) mass is 351 g/mol. The second-order valence-corrected chi connectivity index (χ2v) is 7.13. The number of aromatic nitrogens is 1. The molecule has 24 heavy (non-hydrogen) atoms. The molecule has 1 aromatic carbocycles. The van der Waals surface area contributed by atoms with Crippen molar-refractivity contribution in [3.63, 3.8) is 0 Å². The summed E-state index contributed by atoms with van der Waals surface area (Å²) in [6, 6.07) is 18.7. The normalized spacial score (nSPS) is 20.2. The summed E-state index contributed by atoms with van der Waals surface area (Å²) in [5, 5.41) is 6.37. The standard InChI is InChI=1S/C19H17N3S2/c1-13-10-12-24-18(13)17-16(15-9-5-6-11-20-15)21-19(23)22(17)14-7-3-2-4-8-14/h2-12,16-17H,1H3,(H,21,23). The maximum Gasteiger partial charge on any atom is 0.174 e. The van der Waals surface area contributed by atoms with Gasteiger partial charge in [-0.05, 0) is 60.4 Å². The summed E-state index contributed by atoms with van der Waals surface area (Å²) in [4.78, 5) is 8.11. The number of anilines is 1. The first-order chi connectivity index (χ1) is 11.8. The van der Waals surface area contributed by atoms with E-state index in [1.54, 1.807) is 11.3 Å². The highest BCUT2D eigenvalue weighted by atomic mass is 32.1. The zero-order chi connectivity index (χ0) is 16.5. The Morgan fingerprint density at radius 2 is 1.88 bits per heavy atom. The summed E-state index contributed by atoms with van der Waals surface area (Å²) in [7, 11) is 0. The number of hydrogen-bond acceptors (Lipinski definition) is 3. The molecule has 0 aliphatic carbocycles. The highest BCUT2D eigenvalue weighted by Crippen LogP contribution is 2.44. The molecule has 5 heteroatoms. The summed E-state index contributed by atoms with van der Waals surface area (Å²) >= 11 is 7.46. The summed E-state index contributed by atoms with van der Waals surface area (Å²) in [6.45, 7) is 2.16. The number of aryl methyl sites for hydroxylation is 1. The number of nitrogens with one attached hydrogen (secondary N) is 1. The Morgan fingerprint density at radius 1 is 1.08 bits per heavy atom. The molecule has 0 radical (unpaired) electrons. The van der Waals surface area contributed by atoms with E-state index in [1.165, 1.54) is 10.4 Å². The van der Waals surface area contributed by atoms with Crippen molar-refractivity contribution >= 4 is 34.4 Å². The van der Waals surface area contributed by atoms with Crippen LogP contribution in [0.5, 0.6) is 0 Å². The molecule has 0 spiro atoms. The lowest BCUT2D eigenvalue weighted by atomic mass is 10.0. The average molecular weight is 352 g/mol. The minimum atomic E-state index is 0.0382. The molecule has 1 saturated heterocycles. The molecule has 0 bridgehead atoms. The van der Waals surface area contributed by atoms with Crippen LogP contribution in [0.2, 0.25) is 0 Å². The van der Waals surface area contributed by atoms with Crippen molar-refractivity contribution in [2.75, 3.05) is 4.90 Å². The lowest BCUT2D eigenvalue weighted by molar-refractivity contribution is 0.573. The Kier molecular flexibility index (Phi) is 4.04. The number of rotatable bonds is 3. The highest BCUT2D eigenvalue weighted by Gasteiger charge is 2.41. The lowest BCUT2D eigenvalue weighted by Gasteiger charge is -2.27. The zero-order valence-corrected chi connectivity index (χ0v) is 14.8. The van der Waals surface area contributed by atoms with Crippen LogP contribution in [0.3, 0.4) is 0 Å².